The Balaban J connectivity index is 1.88. The second kappa shape index (κ2) is 7.05. The topological polar surface area (TPSA) is 18.5 Å². The number of fused-ring (bicyclic) bond motifs is 1. The van der Waals surface area contributed by atoms with Gasteiger partial charge in [0.05, 0.1) is 6.10 Å². The summed E-state index contributed by atoms with van der Waals surface area (Å²) in [5, 5.41) is 0. The molecule has 18 heavy (non-hydrogen) atoms. The van der Waals surface area contributed by atoms with E-state index in [2.05, 4.69) is 31.9 Å². The molecule has 0 N–H and O–H groups in total. The van der Waals surface area contributed by atoms with Gasteiger partial charge in [-0.3, -0.25) is 0 Å². The molecule has 0 saturated heterocycles. The van der Waals surface area contributed by atoms with Crippen molar-refractivity contribution in [2.45, 2.75) is 68.0 Å². The van der Waals surface area contributed by atoms with Crippen molar-refractivity contribution in [1.82, 2.24) is 0 Å². The first-order valence-electron chi connectivity index (χ1n) is 7.17. The van der Waals surface area contributed by atoms with Gasteiger partial charge >= 0.3 is 0 Å². The Morgan fingerprint density at radius 1 is 1.17 bits per heavy atom. The van der Waals surface area contributed by atoms with Gasteiger partial charge in [-0.05, 0) is 57.8 Å². The maximum Gasteiger partial charge on any atom is 0.155 e. The predicted molar refractivity (Wildman–Crippen MR) is 81.5 cm³/mol. The number of hydrogen-bond donors (Lipinski definition) is 0. The molecule has 2 fully saturated rings. The van der Waals surface area contributed by atoms with Crippen LogP contribution in [0.3, 0.4) is 0 Å². The predicted octanol–water partition coefficient (Wildman–Crippen LogP) is 4.49. The second-order valence-corrected chi connectivity index (χ2v) is 7.91. The van der Waals surface area contributed by atoms with E-state index in [1.807, 2.05) is 13.8 Å². The Hall–Kier alpha value is 0.880. The lowest BCUT2D eigenvalue weighted by Gasteiger charge is -2.44. The summed E-state index contributed by atoms with van der Waals surface area (Å²) in [5.41, 5.74) is 0. The summed E-state index contributed by atoms with van der Waals surface area (Å²) in [4.78, 5) is 1.23. The first-order chi connectivity index (χ1) is 8.61. The molecule has 0 aromatic heterocycles. The number of alkyl halides is 2. The molecule has 2 saturated carbocycles. The molecular weight excluding hydrogens is 360 g/mol. The average molecular weight is 384 g/mol. The summed E-state index contributed by atoms with van der Waals surface area (Å²) in [6.45, 7) is 4.74. The largest absolute Gasteiger partial charge is 0.353 e. The quantitative estimate of drug-likeness (QED) is 0.525. The Morgan fingerprint density at radius 3 is 2.67 bits per heavy atom. The molecule has 6 atom stereocenters. The summed E-state index contributed by atoms with van der Waals surface area (Å²) in [5.74, 6) is 1.65. The van der Waals surface area contributed by atoms with Gasteiger partial charge < -0.3 is 9.47 Å². The van der Waals surface area contributed by atoms with Crippen LogP contribution in [0, 0.1) is 11.8 Å². The monoisotopic (exact) mass is 382 g/mol. The zero-order valence-corrected chi connectivity index (χ0v) is 14.5. The lowest BCUT2D eigenvalue weighted by molar-refractivity contribution is -0.168. The molecule has 106 valence electrons. The highest BCUT2D eigenvalue weighted by Gasteiger charge is 2.41. The van der Waals surface area contributed by atoms with Gasteiger partial charge in [-0.25, -0.2) is 0 Å². The minimum atomic E-state index is -0.0795. The highest BCUT2D eigenvalue weighted by Crippen LogP contribution is 2.46. The Morgan fingerprint density at radius 2 is 1.94 bits per heavy atom. The van der Waals surface area contributed by atoms with Crippen LogP contribution >= 0.6 is 31.9 Å². The van der Waals surface area contributed by atoms with Gasteiger partial charge in [0.25, 0.3) is 0 Å². The van der Waals surface area contributed by atoms with E-state index in [4.69, 9.17) is 9.47 Å². The van der Waals surface area contributed by atoms with Crippen LogP contribution < -0.4 is 0 Å². The minimum absolute atomic E-state index is 0.0795. The van der Waals surface area contributed by atoms with E-state index >= 15 is 0 Å². The minimum Gasteiger partial charge on any atom is -0.353 e. The molecular formula is C14H24Br2O2. The van der Waals surface area contributed by atoms with E-state index in [0.29, 0.717) is 10.9 Å². The van der Waals surface area contributed by atoms with Crippen molar-refractivity contribution in [3.63, 3.8) is 0 Å². The van der Waals surface area contributed by atoms with Gasteiger partial charge in [-0.1, -0.05) is 31.9 Å². The SMILES string of the molecule is CCOC(C)OC1CCC2CC(Br)CCC2C1Br. The third-order valence-electron chi connectivity index (χ3n) is 4.33. The van der Waals surface area contributed by atoms with Crippen molar-refractivity contribution in [1.29, 1.82) is 0 Å². The van der Waals surface area contributed by atoms with Gasteiger partial charge in [0.1, 0.15) is 0 Å². The number of hydrogen-bond acceptors (Lipinski definition) is 2. The summed E-state index contributed by atoms with van der Waals surface area (Å²) < 4.78 is 11.5. The van der Waals surface area contributed by atoms with Gasteiger partial charge in [0.2, 0.25) is 0 Å². The fourth-order valence-corrected chi connectivity index (χ4v) is 5.29. The molecule has 2 aliphatic carbocycles. The Kier molecular flexibility index (Phi) is 5.98. The molecule has 0 aromatic carbocycles. The normalized spacial score (nSPS) is 42.3. The van der Waals surface area contributed by atoms with Crippen molar-refractivity contribution < 1.29 is 9.47 Å². The number of ether oxygens (including phenoxy) is 2. The Bertz CT molecular complexity index is 262. The number of halogens is 2. The van der Waals surface area contributed by atoms with E-state index < -0.39 is 0 Å². The third kappa shape index (κ3) is 3.71. The highest BCUT2D eigenvalue weighted by atomic mass is 79.9. The molecule has 2 nitrogen and oxygen atoms in total. The van der Waals surface area contributed by atoms with Crippen molar-refractivity contribution in [3.05, 3.63) is 0 Å². The van der Waals surface area contributed by atoms with Crippen LogP contribution in [-0.2, 0) is 9.47 Å². The average Bonchev–Trinajstić information content (AvgIpc) is 2.33. The van der Waals surface area contributed by atoms with Crippen molar-refractivity contribution in [2.75, 3.05) is 6.61 Å². The van der Waals surface area contributed by atoms with Crippen molar-refractivity contribution >= 4 is 31.9 Å². The summed E-state index contributed by atoms with van der Waals surface area (Å²) in [6, 6.07) is 0. The maximum absolute atomic E-state index is 6.04. The molecule has 0 aliphatic heterocycles. The van der Waals surface area contributed by atoms with E-state index in [-0.39, 0.29) is 6.29 Å². The summed E-state index contributed by atoms with van der Waals surface area (Å²) >= 11 is 7.68. The van der Waals surface area contributed by atoms with Gasteiger partial charge in [0, 0.05) is 16.3 Å². The zero-order valence-electron chi connectivity index (χ0n) is 11.3. The van der Waals surface area contributed by atoms with Gasteiger partial charge in [0.15, 0.2) is 6.29 Å². The molecule has 6 unspecified atom stereocenters. The van der Waals surface area contributed by atoms with E-state index in [9.17, 15) is 0 Å². The van der Waals surface area contributed by atoms with E-state index in [1.165, 1.54) is 25.7 Å². The van der Waals surface area contributed by atoms with Crippen LogP contribution in [-0.4, -0.2) is 28.7 Å². The second-order valence-electron chi connectivity index (χ2n) is 5.55. The fraction of sp³-hybridized carbons (Fsp3) is 1.00. The van der Waals surface area contributed by atoms with Gasteiger partial charge in [-0.2, -0.15) is 0 Å². The Labute approximate surface area is 127 Å². The van der Waals surface area contributed by atoms with Crippen LogP contribution in [0.15, 0.2) is 0 Å². The standard InChI is InChI=1S/C14H24Br2O2/c1-3-17-9(2)18-13-7-4-10-8-11(15)5-6-12(10)14(13)16/h9-14H,3-8H2,1-2H3. The van der Waals surface area contributed by atoms with Crippen molar-refractivity contribution in [2.24, 2.45) is 11.8 Å². The van der Waals surface area contributed by atoms with Crippen LogP contribution in [0.2, 0.25) is 0 Å². The number of rotatable bonds is 4. The fourth-order valence-electron chi connectivity index (χ4n) is 3.46. The lowest BCUT2D eigenvalue weighted by Crippen LogP contribution is -2.44. The van der Waals surface area contributed by atoms with Crippen LogP contribution in [0.1, 0.15) is 46.0 Å². The molecule has 0 amide bonds. The van der Waals surface area contributed by atoms with Crippen LogP contribution in [0.4, 0.5) is 0 Å². The van der Waals surface area contributed by atoms with E-state index in [1.54, 1.807) is 0 Å². The first-order valence-corrected chi connectivity index (χ1v) is 9.00. The lowest BCUT2D eigenvalue weighted by atomic mass is 9.70. The molecule has 0 bridgehead atoms. The van der Waals surface area contributed by atoms with Crippen LogP contribution in [0.5, 0.6) is 0 Å². The molecule has 0 spiro atoms. The maximum atomic E-state index is 6.04. The van der Waals surface area contributed by atoms with E-state index in [0.717, 1.165) is 29.7 Å². The van der Waals surface area contributed by atoms with Crippen molar-refractivity contribution in [3.8, 4) is 0 Å². The molecule has 4 heteroatoms. The summed E-state index contributed by atoms with van der Waals surface area (Å²) in [6.07, 6.45) is 6.66. The van der Waals surface area contributed by atoms with Gasteiger partial charge in [-0.15, -0.1) is 0 Å². The summed E-state index contributed by atoms with van der Waals surface area (Å²) in [7, 11) is 0. The zero-order chi connectivity index (χ0) is 13.1. The molecule has 0 heterocycles. The molecule has 0 radical (unpaired) electrons. The smallest absolute Gasteiger partial charge is 0.155 e. The molecule has 2 rings (SSSR count). The first kappa shape index (κ1) is 15.3. The molecule has 0 aromatic rings. The highest BCUT2D eigenvalue weighted by molar-refractivity contribution is 9.09. The third-order valence-corrected chi connectivity index (χ3v) is 6.43. The molecule has 2 aliphatic rings. The van der Waals surface area contributed by atoms with Crippen LogP contribution in [0.25, 0.3) is 0 Å².